The summed E-state index contributed by atoms with van der Waals surface area (Å²) in [4.78, 5) is 0. The maximum absolute atomic E-state index is 9.58. The second-order valence-electron chi connectivity index (χ2n) is 4.64. The van der Waals surface area contributed by atoms with Gasteiger partial charge in [-0.1, -0.05) is 6.92 Å². The molecular weight excluding hydrogens is 152 g/mol. The number of hydrogen-bond acceptors (Lipinski definition) is 2. The van der Waals surface area contributed by atoms with Gasteiger partial charge in [0.15, 0.2) is 0 Å². The molecule has 0 radical (unpaired) electrons. The van der Waals surface area contributed by atoms with Crippen molar-refractivity contribution in [2.24, 2.45) is 5.92 Å². The fraction of sp³-hybridized carbons (Fsp3) is 1.00. The lowest BCUT2D eigenvalue weighted by Gasteiger charge is -2.31. The molecule has 0 bridgehead atoms. The van der Waals surface area contributed by atoms with E-state index in [-0.39, 0.29) is 6.10 Å². The Balaban J connectivity index is 2.32. The molecule has 0 spiro atoms. The van der Waals surface area contributed by atoms with Crippen molar-refractivity contribution in [1.29, 1.82) is 0 Å². The summed E-state index contributed by atoms with van der Waals surface area (Å²) in [6.45, 7) is 6.80. The van der Waals surface area contributed by atoms with E-state index in [2.05, 4.69) is 6.92 Å². The maximum atomic E-state index is 9.58. The van der Waals surface area contributed by atoms with Crippen LogP contribution in [0.4, 0.5) is 0 Å². The first-order chi connectivity index (χ1) is 5.47. The number of hydrogen-bond donors (Lipinski definition) is 1. The van der Waals surface area contributed by atoms with Crippen LogP contribution in [0, 0.1) is 5.92 Å². The van der Waals surface area contributed by atoms with E-state index in [4.69, 9.17) is 4.74 Å². The first-order valence-corrected chi connectivity index (χ1v) is 4.81. The van der Waals surface area contributed by atoms with Crippen molar-refractivity contribution in [3.8, 4) is 0 Å². The minimum Gasteiger partial charge on any atom is -0.390 e. The van der Waals surface area contributed by atoms with Gasteiger partial charge >= 0.3 is 0 Å². The molecule has 2 nitrogen and oxygen atoms in total. The first kappa shape index (κ1) is 10.0. The second kappa shape index (κ2) is 3.75. The normalized spacial score (nSPS) is 32.0. The highest BCUT2D eigenvalue weighted by Gasteiger charge is 2.25. The molecule has 0 amide bonds. The van der Waals surface area contributed by atoms with Gasteiger partial charge in [-0.15, -0.1) is 0 Å². The zero-order valence-corrected chi connectivity index (χ0v) is 8.34. The third kappa shape index (κ3) is 3.55. The summed E-state index contributed by atoms with van der Waals surface area (Å²) >= 11 is 0. The molecular formula is C10H20O2. The molecule has 1 saturated heterocycles. The Bertz CT molecular complexity index is 137. The monoisotopic (exact) mass is 172 g/mol. The smallest absolute Gasteiger partial charge is 0.0616 e. The molecule has 2 atom stereocenters. The van der Waals surface area contributed by atoms with Crippen molar-refractivity contribution in [3.05, 3.63) is 0 Å². The Morgan fingerprint density at radius 1 is 1.50 bits per heavy atom. The zero-order valence-electron chi connectivity index (χ0n) is 8.34. The van der Waals surface area contributed by atoms with Crippen molar-refractivity contribution in [2.75, 3.05) is 6.61 Å². The number of ether oxygens (including phenoxy) is 1. The summed E-state index contributed by atoms with van der Waals surface area (Å²) in [7, 11) is 0. The number of rotatable bonds is 2. The molecule has 1 aliphatic rings. The van der Waals surface area contributed by atoms with Gasteiger partial charge < -0.3 is 9.84 Å². The maximum Gasteiger partial charge on any atom is 0.0616 e. The Morgan fingerprint density at radius 2 is 2.17 bits per heavy atom. The predicted molar refractivity (Wildman–Crippen MR) is 49.1 cm³/mol. The highest BCUT2D eigenvalue weighted by Crippen LogP contribution is 2.25. The molecule has 1 fully saturated rings. The molecule has 2 heteroatoms. The lowest BCUT2D eigenvalue weighted by Crippen LogP contribution is -2.32. The van der Waals surface area contributed by atoms with Gasteiger partial charge in [-0.05, 0) is 32.6 Å². The summed E-state index contributed by atoms with van der Waals surface area (Å²) in [6, 6.07) is 0. The van der Waals surface area contributed by atoms with Crippen LogP contribution in [0.5, 0.6) is 0 Å². The predicted octanol–water partition coefficient (Wildman–Crippen LogP) is 1.96. The summed E-state index contributed by atoms with van der Waals surface area (Å²) < 4.78 is 5.56. The van der Waals surface area contributed by atoms with E-state index in [9.17, 15) is 5.11 Å². The molecule has 0 aromatic rings. The molecule has 2 unspecified atom stereocenters. The van der Waals surface area contributed by atoms with Crippen LogP contribution in [0.2, 0.25) is 0 Å². The fourth-order valence-electron chi connectivity index (χ4n) is 1.77. The van der Waals surface area contributed by atoms with Gasteiger partial charge in [0.1, 0.15) is 0 Å². The summed E-state index contributed by atoms with van der Waals surface area (Å²) in [5.74, 6) is 0.756. The topological polar surface area (TPSA) is 29.5 Å². The van der Waals surface area contributed by atoms with Gasteiger partial charge in [-0.3, -0.25) is 0 Å². The summed E-state index contributed by atoms with van der Waals surface area (Å²) in [5, 5.41) is 9.58. The molecule has 0 saturated carbocycles. The highest BCUT2D eigenvalue weighted by atomic mass is 16.5. The third-order valence-corrected chi connectivity index (χ3v) is 2.36. The van der Waals surface area contributed by atoms with Crippen LogP contribution in [0.1, 0.15) is 40.0 Å². The summed E-state index contributed by atoms with van der Waals surface area (Å²) in [5.41, 5.74) is -0.582. The second-order valence-corrected chi connectivity index (χ2v) is 4.64. The van der Waals surface area contributed by atoms with Crippen LogP contribution in [0.3, 0.4) is 0 Å². The Hall–Kier alpha value is -0.0800. The lowest BCUT2D eigenvalue weighted by atomic mass is 9.91. The molecule has 72 valence electrons. The average Bonchev–Trinajstić information content (AvgIpc) is 1.82. The van der Waals surface area contributed by atoms with Gasteiger partial charge in [-0.2, -0.15) is 0 Å². The lowest BCUT2D eigenvalue weighted by molar-refractivity contribution is -0.0540. The van der Waals surface area contributed by atoms with Crippen molar-refractivity contribution in [1.82, 2.24) is 0 Å². The van der Waals surface area contributed by atoms with E-state index < -0.39 is 5.60 Å². The Labute approximate surface area is 74.9 Å². The van der Waals surface area contributed by atoms with Crippen LogP contribution < -0.4 is 0 Å². The van der Waals surface area contributed by atoms with E-state index in [0.717, 1.165) is 25.4 Å². The first-order valence-electron chi connectivity index (χ1n) is 4.81. The van der Waals surface area contributed by atoms with E-state index in [1.165, 1.54) is 6.42 Å². The number of aliphatic hydroxyl groups is 1. The third-order valence-electron chi connectivity index (χ3n) is 2.36. The molecule has 0 aliphatic carbocycles. The van der Waals surface area contributed by atoms with E-state index in [1.807, 2.05) is 13.8 Å². The van der Waals surface area contributed by atoms with E-state index in [1.54, 1.807) is 0 Å². The molecule has 0 aromatic heterocycles. The van der Waals surface area contributed by atoms with Crippen molar-refractivity contribution < 1.29 is 9.84 Å². The van der Waals surface area contributed by atoms with E-state index >= 15 is 0 Å². The van der Waals surface area contributed by atoms with Crippen LogP contribution in [0.25, 0.3) is 0 Å². The molecule has 1 N–H and O–H groups in total. The minimum absolute atomic E-state index is 0.272. The molecule has 0 aromatic carbocycles. The Kier molecular flexibility index (Phi) is 3.13. The Morgan fingerprint density at radius 3 is 2.67 bits per heavy atom. The largest absolute Gasteiger partial charge is 0.390 e. The molecule has 12 heavy (non-hydrogen) atoms. The fourth-order valence-corrected chi connectivity index (χ4v) is 1.77. The van der Waals surface area contributed by atoms with Crippen molar-refractivity contribution >= 4 is 0 Å². The van der Waals surface area contributed by atoms with Crippen LogP contribution >= 0.6 is 0 Å². The van der Waals surface area contributed by atoms with Gasteiger partial charge in [0.25, 0.3) is 0 Å². The minimum atomic E-state index is -0.582. The van der Waals surface area contributed by atoms with Gasteiger partial charge in [0, 0.05) is 13.0 Å². The molecule has 1 aliphatic heterocycles. The SMILES string of the molecule is CC1CCOC(CC(C)(C)O)C1. The average molecular weight is 172 g/mol. The molecule has 1 heterocycles. The highest BCUT2D eigenvalue weighted by molar-refractivity contribution is 4.76. The van der Waals surface area contributed by atoms with Gasteiger partial charge in [0.05, 0.1) is 11.7 Å². The van der Waals surface area contributed by atoms with Gasteiger partial charge in [-0.25, -0.2) is 0 Å². The van der Waals surface area contributed by atoms with E-state index in [0.29, 0.717) is 0 Å². The zero-order chi connectivity index (χ0) is 9.19. The quantitative estimate of drug-likeness (QED) is 0.690. The molecule has 1 rings (SSSR count). The van der Waals surface area contributed by atoms with Gasteiger partial charge in [0.2, 0.25) is 0 Å². The van der Waals surface area contributed by atoms with Crippen LogP contribution in [0.15, 0.2) is 0 Å². The van der Waals surface area contributed by atoms with Crippen molar-refractivity contribution in [2.45, 2.75) is 51.7 Å². The summed E-state index contributed by atoms with van der Waals surface area (Å²) in [6.07, 6.45) is 3.30. The van der Waals surface area contributed by atoms with Crippen LogP contribution in [-0.4, -0.2) is 23.4 Å². The standard InChI is InChI=1S/C10H20O2/c1-8-4-5-12-9(6-8)7-10(2,3)11/h8-9,11H,4-7H2,1-3H3. The van der Waals surface area contributed by atoms with Crippen molar-refractivity contribution in [3.63, 3.8) is 0 Å². The van der Waals surface area contributed by atoms with Crippen LogP contribution in [-0.2, 0) is 4.74 Å².